The molecule has 1 unspecified atom stereocenters. The Balaban J connectivity index is 2.04. The molecule has 0 spiro atoms. The predicted octanol–water partition coefficient (Wildman–Crippen LogP) is 1.25. The lowest BCUT2D eigenvalue weighted by Gasteiger charge is -2.17. The highest BCUT2D eigenvalue weighted by Crippen LogP contribution is 2.26. The van der Waals surface area contributed by atoms with Crippen LogP contribution in [0.15, 0.2) is 10.8 Å². The first-order chi connectivity index (χ1) is 6.25. The lowest BCUT2D eigenvalue weighted by atomic mass is 9.88. The Morgan fingerprint density at radius 2 is 2.62 bits per heavy atom. The zero-order valence-electron chi connectivity index (χ0n) is 7.19. The number of carbonyl (C=O) groups is 1. The second-order valence-corrected chi connectivity index (χ2v) is 3.43. The third-order valence-corrected chi connectivity index (χ3v) is 2.45. The molecule has 0 saturated heterocycles. The molecule has 70 valence electrons. The van der Waals surface area contributed by atoms with E-state index in [1.807, 2.05) is 0 Å². The van der Waals surface area contributed by atoms with E-state index in [0.717, 1.165) is 30.7 Å². The van der Waals surface area contributed by atoms with Crippen LogP contribution < -0.4 is 0 Å². The minimum atomic E-state index is -0.725. The first-order valence-electron chi connectivity index (χ1n) is 4.38. The smallest absolute Gasteiger partial charge is 0.303 e. The van der Waals surface area contributed by atoms with E-state index in [4.69, 9.17) is 9.52 Å². The third kappa shape index (κ3) is 1.71. The summed E-state index contributed by atoms with van der Waals surface area (Å²) >= 11 is 0. The summed E-state index contributed by atoms with van der Waals surface area (Å²) in [4.78, 5) is 14.5. The molecule has 0 radical (unpaired) electrons. The van der Waals surface area contributed by atoms with Crippen LogP contribution >= 0.6 is 0 Å². The van der Waals surface area contributed by atoms with Crippen LogP contribution in [0, 0.1) is 5.92 Å². The fraction of sp³-hybridized carbons (Fsp3) is 0.556. The van der Waals surface area contributed by atoms with E-state index < -0.39 is 5.97 Å². The molecule has 2 rings (SSSR count). The Labute approximate surface area is 75.6 Å². The van der Waals surface area contributed by atoms with Gasteiger partial charge in [-0.05, 0) is 18.8 Å². The van der Waals surface area contributed by atoms with Crippen LogP contribution in [0.4, 0.5) is 0 Å². The van der Waals surface area contributed by atoms with Gasteiger partial charge in [0.2, 0.25) is 0 Å². The van der Waals surface area contributed by atoms with Gasteiger partial charge in [0.15, 0.2) is 6.39 Å². The van der Waals surface area contributed by atoms with E-state index in [9.17, 15) is 4.79 Å². The SMILES string of the molecule is O=C(O)CC1CCc2ocnc2C1. The van der Waals surface area contributed by atoms with Gasteiger partial charge in [0.1, 0.15) is 5.76 Å². The molecule has 1 N–H and O–H groups in total. The summed E-state index contributed by atoms with van der Waals surface area (Å²) in [6, 6.07) is 0. The average molecular weight is 181 g/mol. The molecule has 0 aromatic carbocycles. The molecule has 4 heteroatoms. The molecular weight excluding hydrogens is 170 g/mol. The summed E-state index contributed by atoms with van der Waals surface area (Å²) in [6.45, 7) is 0. The van der Waals surface area contributed by atoms with Crippen molar-refractivity contribution >= 4 is 5.97 Å². The largest absolute Gasteiger partial charge is 0.481 e. The highest BCUT2D eigenvalue weighted by Gasteiger charge is 2.23. The van der Waals surface area contributed by atoms with Gasteiger partial charge in [0.05, 0.1) is 5.69 Å². The second kappa shape index (κ2) is 3.20. The van der Waals surface area contributed by atoms with Crippen LogP contribution in [0.3, 0.4) is 0 Å². The minimum absolute atomic E-state index is 0.232. The van der Waals surface area contributed by atoms with Gasteiger partial charge < -0.3 is 9.52 Å². The predicted molar refractivity (Wildman–Crippen MR) is 44.3 cm³/mol. The molecular formula is C9H11NO3. The Morgan fingerprint density at radius 3 is 3.38 bits per heavy atom. The van der Waals surface area contributed by atoms with Crippen LogP contribution in [0.1, 0.15) is 24.3 Å². The first-order valence-corrected chi connectivity index (χ1v) is 4.38. The summed E-state index contributed by atoms with van der Waals surface area (Å²) < 4.78 is 5.15. The quantitative estimate of drug-likeness (QED) is 0.745. The number of aliphatic carboxylic acids is 1. The van der Waals surface area contributed by atoms with E-state index in [-0.39, 0.29) is 12.3 Å². The standard InChI is InChI=1S/C9H11NO3/c11-9(12)4-6-1-2-8-7(3-6)10-5-13-8/h5-6H,1-4H2,(H,11,12). The lowest BCUT2D eigenvalue weighted by molar-refractivity contribution is -0.138. The molecule has 1 atom stereocenters. The van der Waals surface area contributed by atoms with E-state index in [0.29, 0.717) is 0 Å². The van der Waals surface area contributed by atoms with Crippen molar-refractivity contribution in [3.63, 3.8) is 0 Å². The molecule has 0 amide bonds. The monoisotopic (exact) mass is 181 g/mol. The van der Waals surface area contributed by atoms with Gasteiger partial charge in [0.25, 0.3) is 0 Å². The molecule has 1 aliphatic carbocycles. The maximum absolute atomic E-state index is 10.5. The van der Waals surface area contributed by atoms with Gasteiger partial charge in [-0.25, -0.2) is 4.98 Å². The van der Waals surface area contributed by atoms with Crippen molar-refractivity contribution in [3.8, 4) is 0 Å². The average Bonchev–Trinajstić information content (AvgIpc) is 2.49. The topological polar surface area (TPSA) is 63.3 Å². The number of aromatic nitrogens is 1. The van der Waals surface area contributed by atoms with Gasteiger partial charge >= 0.3 is 5.97 Å². The number of hydrogen-bond donors (Lipinski definition) is 1. The molecule has 1 heterocycles. The van der Waals surface area contributed by atoms with Crippen LogP contribution in [-0.4, -0.2) is 16.1 Å². The lowest BCUT2D eigenvalue weighted by Crippen LogP contribution is -2.16. The number of oxazole rings is 1. The summed E-state index contributed by atoms with van der Waals surface area (Å²) in [5, 5.41) is 8.62. The zero-order valence-corrected chi connectivity index (χ0v) is 7.19. The number of fused-ring (bicyclic) bond motifs is 1. The molecule has 0 saturated carbocycles. The Bertz CT molecular complexity index is 318. The van der Waals surface area contributed by atoms with Crippen molar-refractivity contribution in [2.24, 2.45) is 5.92 Å². The minimum Gasteiger partial charge on any atom is -0.481 e. The van der Waals surface area contributed by atoms with Crippen LogP contribution in [0.5, 0.6) is 0 Å². The normalized spacial score (nSPS) is 21.1. The van der Waals surface area contributed by atoms with Crippen LogP contribution in [-0.2, 0) is 17.6 Å². The van der Waals surface area contributed by atoms with Crippen molar-refractivity contribution in [2.45, 2.75) is 25.7 Å². The van der Waals surface area contributed by atoms with E-state index in [2.05, 4.69) is 4.98 Å². The number of aryl methyl sites for hydroxylation is 1. The molecule has 13 heavy (non-hydrogen) atoms. The van der Waals surface area contributed by atoms with E-state index in [1.165, 1.54) is 6.39 Å². The fourth-order valence-corrected chi connectivity index (χ4v) is 1.80. The molecule has 1 aromatic heterocycles. The van der Waals surface area contributed by atoms with Gasteiger partial charge in [-0.2, -0.15) is 0 Å². The Hall–Kier alpha value is -1.32. The first kappa shape index (κ1) is 8.29. The Morgan fingerprint density at radius 1 is 1.77 bits per heavy atom. The summed E-state index contributed by atoms with van der Waals surface area (Å²) in [5.41, 5.74) is 0.942. The van der Waals surface area contributed by atoms with E-state index >= 15 is 0 Å². The molecule has 0 bridgehead atoms. The maximum atomic E-state index is 10.5. The van der Waals surface area contributed by atoms with Gasteiger partial charge in [-0.1, -0.05) is 0 Å². The highest BCUT2D eigenvalue weighted by atomic mass is 16.4. The molecule has 4 nitrogen and oxygen atoms in total. The summed E-state index contributed by atoms with van der Waals surface area (Å²) in [7, 11) is 0. The number of hydrogen-bond acceptors (Lipinski definition) is 3. The van der Waals surface area contributed by atoms with Crippen LogP contribution in [0.25, 0.3) is 0 Å². The summed E-state index contributed by atoms with van der Waals surface area (Å²) in [5.74, 6) is 0.439. The summed E-state index contributed by atoms with van der Waals surface area (Å²) in [6.07, 6.45) is 4.15. The van der Waals surface area contributed by atoms with Gasteiger partial charge in [-0.15, -0.1) is 0 Å². The molecule has 0 fully saturated rings. The van der Waals surface area contributed by atoms with Crippen molar-refractivity contribution in [2.75, 3.05) is 0 Å². The van der Waals surface area contributed by atoms with E-state index in [1.54, 1.807) is 0 Å². The van der Waals surface area contributed by atoms with Crippen molar-refractivity contribution in [1.29, 1.82) is 0 Å². The fourth-order valence-electron chi connectivity index (χ4n) is 1.80. The van der Waals surface area contributed by atoms with Crippen LogP contribution in [0.2, 0.25) is 0 Å². The molecule has 1 aromatic rings. The molecule has 0 aliphatic heterocycles. The van der Waals surface area contributed by atoms with Crippen molar-refractivity contribution in [3.05, 3.63) is 17.8 Å². The van der Waals surface area contributed by atoms with Crippen molar-refractivity contribution in [1.82, 2.24) is 4.98 Å². The molecule has 1 aliphatic rings. The number of rotatable bonds is 2. The number of nitrogens with zero attached hydrogens (tertiary/aromatic N) is 1. The van der Waals surface area contributed by atoms with Gasteiger partial charge in [-0.3, -0.25) is 4.79 Å². The van der Waals surface area contributed by atoms with Gasteiger partial charge in [0, 0.05) is 12.8 Å². The number of carboxylic acid groups (broad SMARTS) is 1. The Kier molecular flexibility index (Phi) is 2.04. The zero-order chi connectivity index (χ0) is 9.26. The number of carboxylic acids is 1. The third-order valence-electron chi connectivity index (χ3n) is 2.45. The second-order valence-electron chi connectivity index (χ2n) is 3.43. The van der Waals surface area contributed by atoms with Crippen molar-refractivity contribution < 1.29 is 14.3 Å². The highest BCUT2D eigenvalue weighted by molar-refractivity contribution is 5.67. The maximum Gasteiger partial charge on any atom is 0.303 e.